The average Bonchev–Trinajstić information content (AvgIpc) is 3.09. The molecule has 28 heavy (non-hydrogen) atoms. The van der Waals surface area contributed by atoms with Crippen LogP contribution >= 0.6 is 23.1 Å². The van der Waals surface area contributed by atoms with E-state index in [9.17, 15) is 14.4 Å². The number of hydrogen-bond acceptors (Lipinski definition) is 6. The molecule has 0 fully saturated rings. The van der Waals surface area contributed by atoms with Crippen LogP contribution in [-0.2, 0) is 14.4 Å². The topological polar surface area (TPSA) is 101 Å². The molecule has 1 atom stereocenters. The van der Waals surface area contributed by atoms with Crippen molar-refractivity contribution in [1.29, 1.82) is 0 Å². The molecule has 140 valence electrons. The van der Waals surface area contributed by atoms with E-state index < -0.39 is 17.7 Å². The Morgan fingerprint density at radius 1 is 1.11 bits per heavy atom. The van der Waals surface area contributed by atoms with Gasteiger partial charge in [-0.05, 0) is 17.7 Å². The second-order valence-electron chi connectivity index (χ2n) is 5.91. The van der Waals surface area contributed by atoms with Gasteiger partial charge < -0.3 is 10.6 Å². The molecule has 0 bridgehead atoms. The number of thioether (sulfide) groups is 1. The van der Waals surface area contributed by atoms with Gasteiger partial charge in [0, 0.05) is 0 Å². The maximum absolute atomic E-state index is 12.3. The highest BCUT2D eigenvalue weighted by molar-refractivity contribution is 8.14. The number of hydrogen-bond donors (Lipinski definition) is 2. The van der Waals surface area contributed by atoms with E-state index in [4.69, 9.17) is 0 Å². The van der Waals surface area contributed by atoms with Gasteiger partial charge in [0.15, 0.2) is 10.3 Å². The molecular weight excluding hydrogens is 396 g/mol. The maximum Gasteiger partial charge on any atom is 0.265 e. The lowest BCUT2D eigenvalue weighted by Crippen LogP contribution is -2.41. The Morgan fingerprint density at radius 3 is 2.61 bits per heavy atom. The summed E-state index contributed by atoms with van der Waals surface area (Å²) in [7, 11) is 0. The number of fused-ring (bicyclic) bond motifs is 1. The fourth-order valence-corrected chi connectivity index (χ4v) is 4.25. The van der Waals surface area contributed by atoms with Crippen molar-refractivity contribution >= 4 is 61.3 Å². The van der Waals surface area contributed by atoms with Crippen LogP contribution in [0.1, 0.15) is 11.5 Å². The number of rotatable bonds is 4. The quantitative estimate of drug-likeness (QED) is 0.644. The molecule has 1 aliphatic heterocycles. The summed E-state index contributed by atoms with van der Waals surface area (Å²) in [6, 6.07) is 16.3. The standard InChI is InChI=1S/C19H14N4O3S2/c24-14(21-19-20-12-8-4-5-9-13(12)28-19)10-27-18-22-16(25)15(17(26)23-18)11-6-2-1-3-7-11/h1-9,15H,10H2,(H,20,21,24)(H,22,23,25,26). The van der Waals surface area contributed by atoms with Gasteiger partial charge in [0.1, 0.15) is 5.92 Å². The zero-order chi connectivity index (χ0) is 19.5. The summed E-state index contributed by atoms with van der Waals surface area (Å²) in [6.07, 6.45) is 0. The molecule has 2 aromatic carbocycles. The normalized spacial score (nSPS) is 16.6. The van der Waals surface area contributed by atoms with E-state index in [-0.39, 0.29) is 16.8 Å². The number of para-hydroxylation sites is 1. The molecule has 0 spiro atoms. The first-order valence-corrected chi connectivity index (χ1v) is 10.2. The second-order valence-corrected chi connectivity index (χ2v) is 7.91. The van der Waals surface area contributed by atoms with Crippen LogP contribution in [0.25, 0.3) is 10.2 Å². The van der Waals surface area contributed by atoms with Crippen LogP contribution in [-0.4, -0.2) is 33.6 Å². The van der Waals surface area contributed by atoms with Crippen LogP contribution in [0, 0.1) is 0 Å². The van der Waals surface area contributed by atoms with Crippen molar-refractivity contribution in [2.75, 3.05) is 11.1 Å². The first kappa shape index (κ1) is 18.3. The van der Waals surface area contributed by atoms with E-state index >= 15 is 0 Å². The molecule has 9 heteroatoms. The Labute approximate surface area is 168 Å². The van der Waals surface area contributed by atoms with Gasteiger partial charge in [-0.1, -0.05) is 65.6 Å². The van der Waals surface area contributed by atoms with Gasteiger partial charge in [-0.15, -0.1) is 0 Å². The number of amidine groups is 1. The molecule has 2 N–H and O–H groups in total. The predicted molar refractivity (Wildman–Crippen MR) is 110 cm³/mol. The lowest BCUT2D eigenvalue weighted by Gasteiger charge is -2.19. The molecule has 0 saturated carbocycles. The molecule has 4 rings (SSSR count). The van der Waals surface area contributed by atoms with Crippen LogP contribution < -0.4 is 10.6 Å². The molecular formula is C19H14N4O3S2. The van der Waals surface area contributed by atoms with Crippen molar-refractivity contribution in [3.63, 3.8) is 0 Å². The fourth-order valence-electron chi connectivity index (χ4n) is 2.71. The zero-order valence-corrected chi connectivity index (χ0v) is 16.0. The summed E-state index contributed by atoms with van der Waals surface area (Å²) < 4.78 is 0.979. The fraction of sp³-hybridized carbons (Fsp3) is 0.105. The highest BCUT2D eigenvalue weighted by atomic mass is 32.2. The first-order valence-electron chi connectivity index (χ1n) is 8.37. The van der Waals surface area contributed by atoms with E-state index in [1.165, 1.54) is 11.3 Å². The number of carbonyl (C=O) groups excluding carboxylic acids is 3. The summed E-state index contributed by atoms with van der Waals surface area (Å²) in [6.45, 7) is 0. The number of nitrogens with one attached hydrogen (secondary N) is 2. The van der Waals surface area contributed by atoms with Crippen LogP contribution in [0.3, 0.4) is 0 Å². The number of aliphatic imine (C=N–C) groups is 1. The number of nitrogens with zero attached hydrogens (tertiary/aromatic N) is 2. The lowest BCUT2D eigenvalue weighted by molar-refractivity contribution is -0.129. The minimum absolute atomic E-state index is 0.00166. The Hall–Kier alpha value is -3.04. The average molecular weight is 410 g/mol. The molecule has 1 unspecified atom stereocenters. The smallest absolute Gasteiger partial charge is 0.265 e. The van der Waals surface area contributed by atoms with Gasteiger partial charge in [0.25, 0.3) is 5.91 Å². The molecule has 1 aromatic heterocycles. The van der Waals surface area contributed by atoms with E-state index in [1.54, 1.807) is 24.3 Å². The van der Waals surface area contributed by atoms with E-state index in [0.717, 1.165) is 22.0 Å². The third-order valence-corrected chi connectivity index (χ3v) is 5.79. The lowest BCUT2D eigenvalue weighted by atomic mass is 9.97. The monoisotopic (exact) mass is 410 g/mol. The molecule has 0 aliphatic carbocycles. The highest BCUT2D eigenvalue weighted by Crippen LogP contribution is 2.26. The van der Waals surface area contributed by atoms with Crippen molar-refractivity contribution in [3.8, 4) is 0 Å². The van der Waals surface area contributed by atoms with Crippen molar-refractivity contribution < 1.29 is 14.4 Å². The third-order valence-electron chi connectivity index (χ3n) is 3.96. The third kappa shape index (κ3) is 3.95. The maximum atomic E-state index is 12.3. The van der Waals surface area contributed by atoms with Gasteiger partial charge in [-0.3, -0.25) is 14.4 Å². The summed E-state index contributed by atoms with van der Waals surface area (Å²) in [5, 5.41) is 5.95. The number of anilines is 1. The largest absolute Gasteiger partial charge is 0.304 e. The highest BCUT2D eigenvalue weighted by Gasteiger charge is 2.33. The number of amides is 3. The van der Waals surface area contributed by atoms with E-state index in [2.05, 4.69) is 20.6 Å². The molecule has 7 nitrogen and oxygen atoms in total. The van der Waals surface area contributed by atoms with Crippen LogP contribution in [0.2, 0.25) is 0 Å². The van der Waals surface area contributed by atoms with Gasteiger partial charge in [0.05, 0.1) is 16.0 Å². The molecule has 3 amide bonds. The number of thiazole rings is 1. The van der Waals surface area contributed by atoms with E-state index in [1.807, 2.05) is 30.3 Å². The number of benzene rings is 2. The molecule has 3 aromatic rings. The molecule has 0 saturated heterocycles. The Morgan fingerprint density at radius 2 is 1.86 bits per heavy atom. The van der Waals surface area contributed by atoms with Gasteiger partial charge in [0.2, 0.25) is 11.8 Å². The molecule has 1 aliphatic rings. The van der Waals surface area contributed by atoms with Gasteiger partial charge in [-0.25, -0.2) is 4.98 Å². The van der Waals surface area contributed by atoms with E-state index in [0.29, 0.717) is 10.7 Å². The number of carbonyl (C=O) groups is 3. The van der Waals surface area contributed by atoms with Gasteiger partial charge in [-0.2, -0.15) is 4.99 Å². The van der Waals surface area contributed by atoms with Crippen molar-refractivity contribution in [1.82, 2.24) is 10.3 Å². The summed E-state index contributed by atoms with van der Waals surface area (Å²) in [5.74, 6) is -2.23. The molecule has 2 heterocycles. The number of aromatic nitrogens is 1. The molecule has 0 radical (unpaired) electrons. The van der Waals surface area contributed by atoms with Crippen LogP contribution in [0.15, 0.2) is 59.6 Å². The summed E-state index contributed by atoms with van der Waals surface area (Å²) in [4.78, 5) is 45.0. The van der Waals surface area contributed by atoms with Crippen LogP contribution in [0.4, 0.5) is 5.13 Å². The Bertz CT molecular complexity index is 1060. The minimum atomic E-state index is -0.956. The minimum Gasteiger partial charge on any atom is -0.304 e. The van der Waals surface area contributed by atoms with Crippen molar-refractivity contribution in [2.45, 2.75) is 5.92 Å². The van der Waals surface area contributed by atoms with Gasteiger partial charge >= 0.3 is 0 Å². The predicted octanol–water partition coefficient (Wildman–Crippen LogP) is 2.76. The van der Waals surface area contributed by atoms with Crippen LogP contribution in [0.5, 0.6) is 0 Å². The second kappa shape index (κ2) is 7.91. The van der Waals surface area contributed by atoms with Crippen molar-refractivity contribution in [3.05, 3.63) is 60.2 Å². The van der Waals surface area contributed by atoms with Crippen molar-refractivity contribution in [2.24, 2.45) is 4.99 Å². The SMILES string of the molecule is O=C(CSC1=NC(=O)C(c2ccccc2)C(=O)N1)Nc1nc2ccccc2s1. The summed E-state index contributed by atoms with van der Waals surface area (Å²) in [5.41, 5.74) is 1.41. The first-order chi connectivity index (χ1) is 13.6. The Balaban J connectivity index is 1.37. The summed E-state index contributed by atoms with van der Waals surface area (Å²) >= 11 is 2.38. The Kier molecular flexibility index (Phi) is 5.18. The zero-order valence-electron chi connectivity index (χ0n) is 14.4.